The molecular formula is C17H35N. The number of unbranched alkanes of at least 4 members (excludes halogenated alkanes) is 1. The molecule has 0 heterocycles. The van der Waals surface area contributed by atoms with Gasteiger partial charge in [-0.3, -0.25) is 0 Å². The van der Waals surface area contributed by atoms with Crippen molar-refractivity contribution in [3.05, 3.63) is 0 Å². The molecule has 0 saturated heterocycles. The Morgan fingerprint density at radius 3 is 2.17 bits per heavy atom. The summed E-state index contributed by atoms with van der Waals surface area (Å²) >= 11 is 0. The van der Waals surface area contributed by atoms with E-state index in [1.165, 1.54) is 64.2 Å². The van der Waals surface area contributed by atoms with Crippen LogP contribution in [0.3, 0.4) is 0 Å². The highest BCUT2D eigenvalue weighted by atomic mass is 14.9. The van der Waals surface area contributed by atoms with E-state index in [2.05, 4.69) is 26.1 Å². The molecule has 0 aromatic carbocycles. The maximum Gasteiger partial charge on any atom is 0.0123 e. The predicted molar refractivity (Wildman–Crippen MR) is 82.0 cm³/mol. The quantitative estimate of drug-likeness (QED) is 0.590. The van der Waals surface area contributed by atoms with Gasteiger partial charge >= 0.3 is 0 Å². The smallest absolute Gasteiger partial charge is 0.0123 e. The van der Waals surface area contributed by atoms with Crippen LogP contribution >= 0.6 is 0 Å². The monoisotopic (exact) mass is 253 g/mol. The fourth-order valence-electron chi connectivity index (χ4n) is 3.73. The van der Waals surface area contributed by atoms with Crippen LogP contribution in [0.2, 0.25) is 0 Å². The second kappa shape index (κ2) is 9.83. The van der Waals surface area contributed by atoms with Gasteiger partial charge in [-0.25, -0.2) is 0 Å². The van der Waals surface area contributed by atoms with Crippen molar-refractivity contribution in [2.75, 3.05) is 6.54 Å². The minimum Gasteiger partial charge on any atom is -0.314 e. The standard InChI is InChI=1S/C17H35N/c1-4-7-12-15(5-2)17(18-6-3)16-13-10-8-9-11-14-16/h15-18H,4-14H2,1-3H3. The van der Waals surface area contributed by atoms with Crippen LogP contribution in [0.4, 0.5) is 0 Å². The van der Waals surface area contributed by atoms with Gasteiger partial charge in [0.25, 0.3) is 0 Å². The predicted octanol–water partition coefficient (Wildman–Crippen LogP) is 5.15. The molecule has 1 heteroatoms. The van der Waals surface area contributed by atoms with E-state index in [4.69, 9.17) is 0 Å². The van der Waals surface area contributed by atoms with Crippen LogP contribution in [0.25, 0.3) is 0 Å². The van der Waals surface area contributed by atoms with Crippen LogP contribution in [0.5, 0.6) is 0 Å². The molecule has 0 aromatic heterocycles. The highest BCUT2D eigenvalue weighted by Crippen LogP contribution is 2.31. The van der Waals surface area contributed by atoms with Gasteiger partial charge in [-0.2, -0.15) is 0 Å². The molecule has 1 N–H and O–H groups in total. The van der Waals surface area contributed by atoms with Crippen molar-refractivity contribution in [3.63, 3.8) is 0 Å². The van der Waals surface area contributed by atoms with E-state index >= 15 is 0 Å². The van der Waals surface area contributed by atoms with Gasteiger partial charge in [0.05, 0.1) is 0 Å². The summed E-state index contributed by atoms with van der Waals surface area (Å²) in [6.07, 6.45) is 14.4. The lowest BCUT2D eigenvalue weighted by Gasteiger charge is -2.34. The first-order valence-electron chi connectivity index (χ1n) is 8.56. The Bertz CT molecular complexity index is 182. The van der Waals surface area contributed by atoms with Crippen molar-refractivity contribution in [2.24, 2.45) is 11.8 Å². The lowest BCUT2D eigenvalue weighted by Crippen LogP contribution is -2.42. The molecule has 0 radical (unpaired) electrons. The second-order valence-electron chi connectivity index (χ2n) is 6.15. The topological polar surface area (TPSA) is 12.0 Å². The van der Waals surface area contributed by atoms with Gasteiger partial charge in [0, 0.05) is 6.04 Å². The van der Waals surface area contributed by atoms with E-state index in [-0.39, 0.29) is 0 Å². The zero-order valence-corrected chi connectivity index (χ0v) is 13.0. The normalized spacial score (nSPS) is 21.5. The number of hydrogen-bond acceptors (Lipinski definition) is 1. The van der Waals surface area contributed by atoms with E-state index < -0.39 is 0 Å². The Morgan fingerprint density at radius 2 is 1.67 bits per heavy atom. The zero-order chi connectivity index (χ0) is 13.2. The number of nitrogens with one attached hydrogen (secondary N) is 1. The van der Waals surface area contributed by atoms with Gasteiger partial charge in [0.2, 0.25) is 0 Å². The lowest BCUT2D eigenvalue weighted by molar-refractivity contribution is 0.220. The highest BCUT2D eigenvalue weighted by Gasteiger charge is 2.27. The first-order chi connectivity index (χ1) is 8.83. The Hall–Kier alpha value is -0.0400. The van der Waals surface area contributed by atoms with Crippen molar-refractivity contribution in [3.8, 4) is 0 Å². The molecule has 2 atom stereocenters. The van der Waals surface area contributed by atoms with Crippen LogP contribution in [0, 0.1) is 11.8 Å². The van der Waals surface area contributed by atoms with Crippen molar-refractivity contribution in [1.82, 2.24) is 5.32 Å². The third-order valence-corrected chi connectivity index (χ3v) is 4.81. The van der Waals surface area contributed by atoms with Crippen molar-refractivity contribution in [1.29, 1.82) is 0 Å². The van der Waals surface area contributed by atoms with Gasteiger partial charge in [0.15, 0.2) is 0 Å². The van der Waals surface area contributed by atoms with E-state index in [0.29, 0.717) is 0 Å². The molecule has 18 heavy (non-hydrogen) atoms. The second-order valence-corrected chi connectivity index (χ2v) is 6.15. The van der Waals surface area contributed by atoms with Crippen LogP contribution in [0.15, 0.2) is 0 Å². The lowest BCUT2D eigenvalue weighted by atomic mass is 9.80. The zero-order valence-electron chi connectivity index (χ0n) is 13.0. The van der Waals surface area contributed by atoms with Crippen molar-refractivity contribution < 1.29 is 0 Å². The summed E-state index contributed by atoms with van der Waals surface area (Å²) in [6.45, 7) is 8.13. The molecule has 0 spiro atoms. The molecule has 0 aliphatic heterocycles. The number of rotatable bonds is 8. The third-order valence-electron chi connectivity index (χ3n) is 4.81. The van der Waals surface area contributed by atoms with E-state index in [0.717, 1.165) is 24.4 Å². The molecule has 1 aliphatic rings. The summed E-state index contributed by atoms with van der Waals surface area (Å²) in [6, 6.07) is 0.796. The molecule has 2 unspecified atom stereocenters. The summed E-state index contributed by atoms with van der Waals surface area (Å²) in [5.74, 6) is 1.86. The molecule has 0 amide bonds. The summed E-state index contributed by atoms with van der Waals surface area (Å²) in [7, 11) is 0. The van der Waals surface area contributed by atoms with Crippen molar-refractivity contribution >= 4 is 0 Å². The van der Waals surface area contributed by atoms with Gasteiger partial charge in [-0.05, 0) is 37.6 Å². The maximum absolute atomic E-state index is 3.84. The Kier molecular flexibility index (Phi) is 8.75. The minimum absolute atomic E-state index is 0.796. The van der Waals surface area contributed by atoms with Gasteiger partial charge < -0.3 is 5.32 Å². The average molecular weight is 253 g/mol. The molecular weight excluding hydrogens is 218 g/mol. The number of hydrogen-bond donors (Lipinski definition) is 1. The Balaban J connectivity index is 2.58. The Labute approximate surface area is 115 Å². The molecule has 108 valence electrons. The van der Waals surface area contributed by atoms with Gasteiger partial charge in [0.1, 0.15) is 0 Å². The summed E-state index contributed by atoms with van der Waals surface area (Å²) in [4.78, 5) is 0. The largest absolute Gasteiger partial charge is 0.314 e. The first kappa shape index (κ1) is 16.0. The Morgan fingerprint density at radius 1 is 1.00 bits per heavy atom. The fraction of sp³-hybridized carbons (Fsp3) is 1.00. The van der Waals surface area contributed by atoms with E-state index in [9.17, 15) is 0 Å². The molecule has 0 bridgehead atoms. The summed E-state index contributed by atoms with van der Waals surface area (Å²) in [5, 5.41) is 3.84. The molecule has 0 aromatic rings. The van der Waals surface area contributed by atoms with Crippen LogP contribution in [-0.4, -0.2) is 12.6 Å². The van der Waals surface area contributed by atoms with Gasteiger partial charge in [-0.1, -0.05) is 65.7 Å². The van der Waals surface area contributed by atoms with Gasteiger partial charge in [-0.15, -0.1) is 0 Å². The third kappa shape index (κ3) is 5.30. The maximum atomic E-state index is 3.84. The van der Waals surface area contributed by atoms with Crippen molar-refractivity contribution in [2.45, 2.75) is 91.0 Å². The van der Waals surface area contributed by atoms with Crippen LogP contribution in [0.1, 0.15) is 85.0 Å². The minimum atomic E-state index is 0.796. The molecule has 1 nitrogen and oxygen atoms in total. The van der Waals surface area contributed by atoms with Crippen LogP contribution < -0.4 is 5.32 Å². The molecule has 1 saturated carbocycles. The summed E-state index contributed by atoms with van der Waals surface area (Å²) in [5.41, 5.74) is 0. The average Bonchev–Trinajstić information content (AvgIpc) is 2.67. The molecule has 1 aliphatic carbocycles. The van der Waals surface area contributed by atoms with Crippen LogP contribution in [-0.2, 0) is 0 Å². The van der Waals surface area contributed by atoms with E-state index in [1.54, 1.807) is 0 Å². The molecule has 1 fully saturated rings. The highest BCUT2D eigenvalue weighted by molar-refractivity contribution is 4.83. The first-order valence-corrected chi connectivity index (χ1v) is 8.56. The molecule has 1 rings (SSSR count). The SMILES string of the molecule is CCCCC(CC)C(NCC)C1CCCCCC1. The fourth-order valence-corrected chi connectivity index (χ4v) is 3.73. The van der Waals surface area contributed by atoms with E-state index in [1.807, 2.05) is 0 Å². The summed E-state index contributed by atoms with van der Waals surface area (Å²) < 4.78 is 0.